The Morgan fingerprint density at radius 2 is 2.21 bits per heavy atom. The van der Waals surface area contributed by atoms with Gasteiger partial charge in [-0.15, -0.1) is 0 Å². The zero-order valence-electron chi connectivity index (χ0n) is 11.2. The number of carbonyl (C=O) groups excluding carboxylic acids is 1. The van der Waals surface area contributed by atoms with E-state index in [2.05, 4.69) is 21.2 Å². The van der Waals surface area contributed by atoms with E-state index in [1.54, 1.807) is 7.11 Å². The molecule has 0 aliphatic carbocycles. The van der Waals surface area contributed by atoms with Crippen LogP contribution < -0.4 is 10.1 Å². The van der Waals surface area contributed by atoms with Crippen molar-refractivity contribution < 1.29 is 9.53 Å². The fraction of sp³-hybridized carbons (Fsp3) is 0.429. The van der Waals surface area contributed by atoms with E-state index in [9.17, 15) is 4.79 Å². The zero-order chi connectivity index (χ0) is 14.4. The van der Waals surface area contributed by atoms with Crippen LogP contribution in [0.1, 0.15) is 19.4 Å². The number of hydrogen-bond donors (Lipinski definition) is 1. The predicted octanol–water partition coefficient (Wildman–Crippen LogP) is 2.87. The van der Waals surface area contributed by atoms with E-state index >= 15 is 0 Å². The molecule has 0 fully saturated rings. The molecule has 0 aliphatic heterocycles. The summed E-state index contributed by atoms with van der Waals surface area (Å²) in [7, 11) is 1.60. The van der Waals surface area contributed by atoms with E-state index in [-0.39, 0.29) is 11.8 Å². The van der Waals surface area contributed by atoms with Crippen LogP contribution in [-0.2, 0) is 11.3 Å². The molecular formula is C14H17BrN2O2. The Hall–Kier alpha value is -1.54. The molecule has 1 N–H and O–H groups in total. The minimum Gasteiger partial charge on any atom is -0.496 e. The van der Waals surface area contributed by atoms with Gasteiger partial charge in [-0.1, -0.05) is 19.9 Å². The van der Waals surface area contributed by atoms with E-state index in [4.69, 9.17) is 10.00 Å². The molecule has 0 aromatic heterocycles. The molecule has 1 atom stereocenters. The molecule has 0 spiro atoms. The lowest BCUT2D eigenvalue weighted by Crippen LogP contribution is -2.32. The van der Waals surface area contributed by atoms with Crippen LogP contribution >= 0.6 is 15.9 Å². The first-order chi connectivity index (χ1) is 8.99. The van der Waals surface area contributed by atoms with E-state index in [1.165, 1.54) is 0 Å². The molecule has 0 saturated carbocycles. The van der Waals surface area contributed by atoms with Crippen LogP contribution in [0.25, 0.3) is 0 Å². The first-order valence-electron chi connectivity index (χ1n) is 5.99. The van der Waals surface area contributed by atoms with Gasteiger partial charge >= 0.3 is 0 Å². The van der Waals surface area contributed by atoms with Gasteiger partial charge in [-0.3, -0.25) is 4.79 Å². The number of nitrogens with zero attached hydrogens (tertiary/aromatic N) is 1. The second-order valence-corrected chi connectivity index (χ2v) is 5.39. The lowest BCUT2D eigenvalue weighted by molar-refractivity contribution is -0.124. The Morgan fingerprint density at radius 1 is 1.53 bits per heavy atom. The molecule has 0 radical (unpaired) electrons. The van der Waals surface area contributed by atoms with Crippen molar-refractivity contribution in [1.82, 2.24) is 5.32 Å². The number of halogens is 1. The Morgan fingerprint density at radius 3 is 2.68 bits per heavy atom. The highest BCUT2D eigenvalue weighted by Gasteiger charge is 2.21. The standard InChI is InChI=1S/C14H17BrN2O2/c1-9(2)11(7-16)14(18)17-8-10-4-5-13(19-3)12(15)6-10/h4-6,9,11H,8H2,1-3H3,(H,17,18). The number of carbonyl (C=O) groups is 1. The van der Waals surface area contributed by atoms with Crippen molar-refractivity contribution in [3.63, 3.8) is 0 Å². The molecule has 0 saturated heterocycles. The minimum atomic E-state index is -0.610. The molecule has 1 rings (SSSR count). The molecule has 4 nitrogen and oxygen atoms in total. The second-order valence-electron chi connectivity index (χ2n) is 4.54. The minimum absolute atomic E-state index is 0.00704. The molecule has 19 heavy (non-hydrogen) atoms. The number of benzene rings is 1. The van der Waals surface area contributed by atoms with Crippen molar-refractivity contribution in [2.45, 2.75) is 20.4 Å². The van der Waals surface area contributed by atoms with Gasteiger partial charge in [0.25, 0.3) is 0 Å². The second kappa shape index (κ2) is 7.15. The van der Waals surface area contributed by atoms with Crippen molar-refractivity contribution >= 4 is 21.8 Å². The number of hydrogen-bond acceptors (Lipinski definition) is 3. The monoisotopic (exact) mass is 324 g/mol. The van der Waals surface area contributed by atoms with Crippen LogP contribution in [0.3, 0.4) is 0 Å². The number of amides is 1. The van der Waals surface area contributed by atoms with Gasteiger partial charge in [-0.05, 0) is 39.5 Å². The number of ether oxygens (including phenoxy) is 1. The van der Waals surface area contributed by atoms with Crippen molar-refractivity contribution in [2.24, 2.45) is 11.8 Å². The molecule has 5 heteroatoms. The Labute approximate surface area is 121 Å². The average molecular weight is 325 g/mol. The Balaban J connectivity index is 2.65. The van der Waals surface area contributed by atoms with Gasteiger partial charge in [0.2, 0.25) is 5.91 Å². The summed E-state index contributed by atoms with van der Waals surface area (Å²) in [5, 5.41) is 11.7. The van der Waals surface area contributed by atoms with Gasteiger partial charge in [-0.2, -0.15) is 5.26 Å². The first-order valence-corrected chi connectivity index (χ1v) is 6.78. The van der Waals surface area contributed by atoms with Gasteiger partial charge < -0.3 is 10.1 Å². The molecule has 102 valence electrons. The van der Waals surface area contributed by atoms with Crippen LogP contribution in [0.4, 0.5) is 0 Å². The third-order valence-electron chi connectivity index (χ3n) is 2.77. The molecule has 1 aromatic rings. The van der Waals surface area contributed by atoms with Crippen molar-refractivity contribution in [3.8, 4) is 11.8 Å². The van der Waals surface area contributed by atoms with E-state index < -0.39 is 5.92 Å². The number of rotatable bonds is 5. The normalized spacial score (nSPS) is 11.8. The van der Waals surface area contributed by atoms with Crippen LogP contribution in [0.15, 0.2) is 22.7 Å². The fourth-order valence-corrected chi connectivity index (χ4v) is 2.22. The van der Waals surface area contributed by atoms with E-state index in [0.29, 0.717) is 6.54 Å². The largest absolute Gasteiger partial charge is 0.496 e. The third kappa shape index (κ3) is 4.25. The van der Waals surface area contributed by atoms with Gasteiger partial charge in [0.05, 0.1) is 17.7 Å². The van der Waals surface area contributed by atoms with Gasteiger partial charge in [0.1, 0.15) is 11.7 Å². The maximum atomic E-state index is 11.8. The predicted molar refractivity (Wildman–Crippen MR) is 76.5 cm³/mol. The fourth-order valence-electron chi connectivity index (χ4n) is 1.63. The highest BCUT2D eigenvalue weighted by Crippen LogP contribution is 2.25. The lowest BCUT2D eigenvalue weighted by atomic mass is 9.96. The van der Waals surface area contributed by atoms with Gasteiger partial charge in [-0.25, -0.2) is 0 Å². The lowest BCUT2D eigenvalue weighted by Gasteiger charge is -2.13. The topological polar surface area (TPSA) is 62.1 Å². The average Bonchev–Trinajstić information content (AvgIpc) is 2.37. The van der Waals surface area contributed by atoms with Crippen molar-refractivity contribution in [3.05, 3.63) is 28.2 Å². The summed E-state index contributed by atoms with van der Waals surface area (Å²) in [5.41, 5.74) is 0.946. The molecule has 1 amide bonds. The molecule has 1 aromatic carbocycles. The summed E-state index contributed by atoms with van der Waals surface area (Å²) in [6.07, 6.45) is 0. The first kappa shape index (κ1) is 15.5. The quantitative estimate of drug-likeness (QED) is 0.905. The summed E-state index contributed by atoms with van der Waals surface area (Å²) in [6.45, 7) is 4.11. The third-order valence-corrected chi connectivity index (χ3v) is 3.39. The summed E-state index contributed by atoms with van der Waals surface area (Å²) in [6, 6.07) is 7.62. The highest BCUT2D eigenvalue weighted by atomic mass is 79.9. The van der Waals surface area contributed by atoms with Gasteiger partial charge in [0.15, 0.2) is 0 Å². The Kier molecular flexibility index (Phi) is 5.84. The highest BCUT2D eigenvalue weighted by molar-refractivity contribution is 9.10. The summed E-state index contributed by atoms with van der Waals surface area (Å²) >= 11 is 3.39. The SMILES string of the molecule is COc1ccc(CNC(=O)C(C#N)C(C)C)cc1Br. The summed E-state index contributed by atoms with van der Waals surface area (Å²) in [4.78, 5) is 11.8. The van der Waals surface area contributed by atoms with E-state index in [0.717, 1.165) is 15.8 Å². The molecule has 0 heterocycles. The van der Waals surface area contributed by atoms with Crippen LogP contribution in [-0.4, -0.2) is 13.0 Å². The van der Waals surface area contributed by atoms with E-state index in [1.807, 2.05) is 38.1 Å². The molecular weight excluding hydrogens is 308 g/mol. The zero-order valence-corrected chi connectivity index (χ0v) is 12.8. The molecule has 0 bridgehead atoms. The maximum absolute atomic E-state index is 11.8. The summed E-state index contributed by atoms with van der Waals surface area (Å²) < 4.78 is 5.97. The summed E-state index contributed by atoms with van der Waals surface area (Å²) in [5.74, 6) is -0.0918. The van der Waals surface area contributed by atoms with Gasteiger partial charge in [0, 0.05) is 6.54 Å². The van der Waals surface area contributed by atoms with Crippen LogP contribution in [0.5, 0.6) is 5.75 Å². The Bertz CT molecular complexity index is 495. The molecule has 0 aliphatic rings. The van der Waals surface area contributed by atoms with Crippen LogP contribution in [0, 0.1) is 23.2 Å². The number of nitriles is 1. The maximum Gasteiger partial charge on any atom is 0.237 e. The van der Waals surface area contributed by atoms with Crippen molar-refractivity contribution in [2.75, 3.05) is 7.11 Å². The van der Waals surface area contributed by atoms with Crippen molar-refractivity contribution in [1.29, 1.82) is 5.26 Å². The molecule has 1 unspecified atom stereocenters. The smallest absolute Gasteiger partial charge is 0.237 e. The number of nitrogens with one attached hydrogen (secondary N) is 1. The number of methoxy groups -OCH3 is 1. The van der Waals surface area contributed by atoms with Crippen LogP contribution in [0.2, 0.25) is 0 Å².